The molecule has 0 fully saturated rings. The highest BCUT2D eigenvalue weighted by molar-refractivity contribution is 5.33. The standard InChI is InChI=1S/C16H18N2O/c1-2-5-14-11-15(10-13(14)4-1)18-8-9-19-16-6-3-7-17-12-16/h1-7,12,15,18H,8-11H2. The van der Waals surface area contributed by atoms with Crippen molar-refractivity contribution in [3.63, 3.8) is 0 Å². The minimum absolute atomic E-state index is 0.551. The number of pyridine rings is 1. The van der Waals surface area contributed by atoms with Gasteiger partial charge < -0.3 is 10.1 Å². The van der Waals surface area contributed by atoms with Gasteiger partial charge in [0.15, 0.2) is 0 Å². The van der Waals surface area contributed by atoms with Crippen molar-refractivity contribution in [3.05, 3.63) is 59.9 Å². The van der Waals surface area contributed by atoms with Crippen LogP contribution in [-0.4, -0.2) is 24.2 Å². The van der Waals surface area contributed by atoms with Crippen LogP contribution in [0.4, 0.5) is 0 Å². The summed E-state index contributed by atoms with van der Waals surface area (Å²) in [4.78, 5) is 4.02. The molecule has 0 aliphatic heterocycles. The van der Waals surface area contributed by atoms with E-state index < -0.39 is 0 Å². The summed E-state index contributed by atoms with van der Waals surface area (Å²) in [5.74, 6) is 0.832. The molecule has 1 aromatic heterocycles. The second kappa shape index (κ2) is 5.85. The van der Waals surface area contributed by atoms with E-state index in [1.807, 2.05) is 12.1 Å². The number of ether oxygens (including phenoxy) is 1. The normalized spacial score (nSPS) is 14.3. The van der Waals surface area contributed by atoms with E-state index in [1.54, 1.807) is 12.4 Å². The first kappa shape index (κ1) is 12.2. The molecule has 3 rings (SSSR count). The van der Waals surface area contributed by atoms with Gasteiger partial charge in [0, 0.05) is 18.8 Å². The van der Waals surface area contributed by atoms with Crippen LogP contribution in [0.1, 0.15) is 11.1 Å². The second-order valence-corrected chi connectivity index (χ2v) is 4.87. The van der Waals surface area contributed by atoms with E-state index in [0.717, 1.165) is 25.1 Å². The van der Waals surface area contributed by atoms with Crippen molar-refractivity contribution in [1.82, 2.24) is 10.3 Å². The molecule has 1 aliphatic rings. The van der Waals surface area contributed by atoms with Gasteiger partial charge in [-0.1, -0.05) is 24.3 Å². The van der Waals surface area contributed by atoms with Gasteiger partial charge in [-0.3, -0.25) is 4.98 Å². The maximum Gasteiger partial charge on any atom is 0.137 e. The van der Waals surface area contributed by atoms with Crippen LogP contribution >= 0.6 is 0 Å². The Bertz CT molecular complexity index is 502. The molecule has 19 heavy (non-hydrogen) atoms. The van der Waals surface area contributed by atoms with Crippen molar-refractivity contribution < 1.29 is 4.74 Å². The average molecular weight is 254 g/mol. The maximum absolute atomic E-state index is 5.62. The lowest BCUT2D eigenvalue weighted by Crippen LogP contribution is -2.33. The van der Waals surface area contributed by atoms with Gasteiger partial charge in [-0.05, 0) is 36.1 Å². The van der Waals surface area contributed by atoms with E-state index in [-0.39, 0.29) is 0 Å². The molecule has 0 spiro atoms. The molecule has 1 aliphatic carbocycles. The Hall–Kier alpha value is -1.87. The summed E-state index contributed by atoms with van der Waals surface area (Å²) >= 11 is 0. The lowest BCUT2D eigenvalue weighted by Gasteiger charge is -2.12. The highest BCUT2D eigenvalue weighted by atomic mass is 16.5. The van der Waals surface area contributed by atoms with Crippen LogP contribution in [0.3, 0.4) is 0 Å². The molecule has 0 bridgehead atoms. The van der Waals surface area contributed by atoms with Crippen molar-refractivity contribution in [3.8, 4) is 5.75 Å². The van der Waals surface area contributed by atoms with Crippen molar-refractivity contribution in [2.75, 3.05) is 13.2 Å². The van der Waals surface area contributed by atoms with E-state index in [1.165, 1.54) is 11.1 Å². The van der Waals surface area contributed by atoms with Crippen LogP contribution in [0, 0.1) is 0 Å². The Labute approximate surface area is 113 Å². The summed E-state index contributed by atoms with van der Waals surface area (Å²) in [7, 11) is 0. The fraction of sp³-hybridized carbons (Fsp3) is 0.312. The predicted molar refractivity (Wildman–Crippen MR) is 75.4 cm³/mol. The molecule has 3 nitrogen and oxygen atoms in total. The Morgan fingerprint density at radius 2 is 1.89 bits per heavy atom. The SMILES string of the molecule is c1cncc(OCCNC2Cc3ccccc3C2)c1. The zero-order valence-electron chi connectivity index (χ0n) is 10.9. The number of fused-ring (bicyclic) bond motifs is 1. The van der Waals surface area contributed by atoms with E-state index in [2.05, 4.69) is 34.6 Å². The topological polar surface area (TPSA) is 34.1 Å². The molecule has 0 saturated heterocycles. The third-order valence-electron chi connectivity index (χ3n) is 3.49. The molecule has 1 aromatic carbocycles. The third kappa shape index (κ3) is 3.12. The lowest BCUT2D eigenvalue weighted by atomic mass is 10.1. The Balaban J connectivity index is 1.41. The first-order chi connectivity index (χ1) is 9.42. The fourth-order valence-electron chi connectivity index (χ4n) is 2.57. The molecule has 1 N–H and O–H groups in total. The smallest absolute Gasteiger partial charge is 0.137 e. The van der Waals surface area contributed by atoms with Crippen LogP contribution in [-0.2, 0) is 12.8 Å². The Kier molecular flexibility index (Phi) is 3.75. The number of hydrogen-bond acceptors (Lipinski definition) is 3. The molecule has 3 heteroatoms. The summed E-state index contributed by atoms with van der Waals surface area (Å²) in [6, 6.07) is 13.1. The minimum Gasteiger partial charge on any atom is -0.491 e. The molecule has 2 aromatic rings. The predicted octanol–water partition coefficient (Wildman–Crippen LogP) is 2.22. The fourth-order valence-corrected chi connectivity index (χ4v) is 2.57. The summed E-state index contributed by atoms with van der Waals surface area (Å²) in [5, 5.41) is 3.55. The van der Waals surface area contributed by atoms with E-state index in [9.17, 15) is 0 Å². The van der Waals surface area contributed by atoms with E-state index in [0.29, 0.717) is 12.6 Å². The molecule has 98 valence electrons. The van der Waals surface area contributed by atoms with Gasteiger partial charge in [-0.25, -0.2) is 0 Å². The summed E-state index contributed by atoms with van der Waals surface area (Å²) in [6.45, 7) is 1.55. The number of benzene rings is 1. The van der Waals surface area contributed by atoms with Crippen molar-refractivity contribution in [2.24, 2.45) is 0 Å². The second-order valence-electron chi connectivity index (χ2n) is 4.87. The molecular weight excluding hydrogens is 236 g/mol. The lowest BCUT2D eigenvalue weighted by molar-refractivity contribution is 0.304. The third-order valence-corrected chi connectivity index (χ3v) is 3.49. The van der Waals surface area contributed by atoms with Gasteiger partial charge in [0.05, 0.1) is 6.20 Å². The van der Waals surface area contributed by atoms with Crippen molar-refractivity contribution >= 4 is 0 Å². The Morgan fingerprint density at radius 3 is 2.58 bits per heavy atom. The van der Waals surface area contributed by atoms with Crippen LogP contribution in [0.5, 0.6) is 5.75 Å². The van der Waals surface area contributed by atoms with E-state index in [4.69, 9.17) is 4.74 Å². The molecule has 0 radical (unpaired) electrons. The van der Waals surface area contributed by atoms with Gasteiger partial charge in [0.2, 0.25) is 0 Å². The number of rotatable bonds is 5. The van der Waals surface area contributed by atoms with Gasteiger partial charge in [0.25, 0.3) is 0 Å². The first-order valence-electron chi connectivity index (χ1n) is 6.75. The van der Waals surface area contributed by atoms with Crippen LogP contribution in [0.2, 0.25) is 0 Å². The molecule has 0 atom stereocenters. The van der Waals surface area contributed by atoms with Gasteiger partial charge >= 0.3 is 0 Å². The van der Waals surface area contributed by atoms with Gasteiger partial charge in [-0.15, -0.1) is 0 Å². The summed E-state index contributed by atoms with van der Waals surface area (Å²) in [6.07, 6.45) is 5.75. The number of aromatic nitrogens is 1. The molecular formula is C16H18N2O. The highest BCUT2D eigenvalue weighted by Crippen LogP contribution is 2.21. The Morgan fingerprint density at radius 1 is 1.11 bits per heavy atom. The average Bonchev–Trinajstić information content (AvgIpc) is 2.87. The summed E-state index contributed by atoms with van der Waals surface area (Å²) < 4.78 is 5.62. The van der Waals surface area contributed by atoms with Crippen LogP contribution in [0.15, 0.2) is 48.8 Å². The number of nitrogens with one attached hydrogen (secondary N) is 1. The monoisotopic (exact) mass is 254 g/mol. The molecule has 0 amide bonds. The van der Waals surface area contributed by atoms with Crippen LogP contribution < -0.4 is 10.1 Å². The molecule has 0 unspecified atom stereocenters. The zero-order valence-corrected chi connectivity index (χ0v) is 10.9. The van der Waals surface area contributed by atoms with E-state index >= 15 is 0 Å². The van der Waals surface area contributed by atoms with Crippen LogP contribution in [0.25, 0.3) is 0 Å². The van der Waals surface area contributed by atoms with Crippen molar-refractivity contribution in [2.45, 2.75) is 18.9 Å². The number of hydrogen-bond donors (Lipinski definition) is 1. The first-order valence-corrected chi connectivity index (χ1v) is 6.75. The number of nitrogens with zero attached hydrogens (tertiary/aromatic N) is 1. The van der Waals surface area contributed by atoms with Crippen molar-refractivity contribution in [1.29, 1.82) is 0 Å². The quantitative estimate of drug-likeness (QED) is 0.831. The summed E-state index contributed by atoms with van der Waals surface area (Å²) in [5.41, 5.74) is 2.96. The van der Waals surface area contributed by atoms with Gasteiger partial charge in [0.1, 0.15) is 12.4 Å². The zero-order chi connectivity index (χ0) is 12.9. The maximum atomic E-state index is 5.62. The highest BCUT2D eigenvalue weighted by Gasteiger charge is 2.19. The minimum atomic E-state index is 0.551. The molecule has 0 saturated carbocycles. The van der Waals surface area contributed by atoms with Gasteiger partial charge in [-0.2, -0.15) is 0 Å². The molecule has 1 heterocycles. The largest absolute Gasteiger partial charge is 0.491 e.